The molecule has 0 N–H and O–H groups in total. The summed E-state index contributed by atoms with van der Waals surface area (Å²) in [6.07, 6.45) is 9.43. The molecule has 27 heavy (non-hydrogen) atoms. The quantitative estimate of drug-likeness (QED) is 0.678. The average Bonchev–Trinajstić information content (AvgIpc) is 3.33. The van der Waals surface area contributed by atoms with Crippen LogP contribution in [-0.4, -0.2) is 31.0 Å². The molecule has 1 saturated heterocycles. The minimum absolute atomic E-state index is 0.196. The molecule has 6 heteroatoms. The predicted molar refractivity (Wildman–Crippen MR) is 102 cm³/mol. The molecule has 5 nitrogen and oxygen atoms in total. The lowest BCUT2D eigenvalue weighted by Crippen LogP contribution is -2.25. The maximum Gasteiger partial charge on any atom is 0.161 e. The van der Waals surface area contributed by atoms with Crippen molar-refractivity contribution in [3.8, 4) is 5.82 Å². The van der Waals surface area contributed by atoms with Gasteiger partial charge in [-0.05, 0) is 37.1 Å². The van der Waals surface area contributed by atoms with E-state index >= 15 is 0 Å². The van der Waals surface area contributed by atoms with Gasteiger partial charge >= 0.3 is 0 Å². The Hall–Kier alpha value is -2.60. The molecule has 0 bridgehead atoms. The zero-order valence-electron chi connectivity index (χ0n) is 15.7. The van der Waals surface area contributed by atoms with Crippen LogP contribution >= 0.6 is 0 Å². The van der Waals surface area contributed by atoms with Crippen LogP contribution in [0.25, 0.3) is 5.82 Å². The zero-order chi connectivity index (χ0) is 18.8. The van der Waals surface area contributed by atoms with Gasteiger partial charge < -0.3 is 0 Å². The number of benzene rings is 1. The molecule has 2 aromatic heterocycles. The second-order valence-electron chi connectivity index (χ2n) is 7.33. The van der Waals surface area contributed by atoms with E-state index in [9.17, 15) is 4.39 Å². The molecular formula is C21H24FN5. The maximum absolute atomic E-state index is 13.2. The Morgan fingerprint density at radius 3 is 2.63 bits per heavy atom. The summed E-state index contributed by atoms with van der Waals surface area (Å²) in [5, 5.41) is 0. The van der Waals surface area contributed by atoms with Gasteiger partial charge in [-0.1, -0.05) is 26.0 Å². The van der Waals surface area contributed by atoms with Crippen LogP contribution in [0.4, 0.5) is 4.39 Å². The van der Waals surface area contributed by atoms with Crippen molar-refractivity contribution in [2.45, 2.75) is 45.2 Å². The normalized spacial score (nSPS) is 17.7. The van der Waals surface area contributed by atoms with Gasteiger partial charge in [-0.3, -0.25) is 14.5 Å². The lowest BCUT2D eigenvalue weighted by atomic mass is 10.1. The Bertz CT molecular complexity index is 903. The first kappa shape index (κ1) is 17.8. The van der Waals surface area contributed by atoms with Gasteiger partial charge in [0.05, 0.1) is 6.04 Å². The molecule has 0 spiro atoms. The number of halogens is 1. The van der Waals surface area contributed by atoms with Gasteiger partial charge in [0.2, 0.25) is 0 Å². The van der Waals surface area contributed by atoms with Crippen molar-refractivity contribution in [3.63, 3.8) is 0 Å². The SMILES string of the molecule is CC(C)c1nccn1-c1nccnc1[C@H]1CCCN1Cc1ccc(F)cc1. The molecule has 3 aromatic rings. The molecule has 4 rings (SSSR count). The van der Waals surface area contributed by atoms with Crippen LogP contribution in [0.1, 0.15) is 55.7 Å². The van der Waals surface area contributed by atoms with Gasteiger partial charge in [0.15, 0.2) is 5.82 Å². The van der Waals surface area contributed by atoms with E-state index < -0.39 is 0 Å². The molecule has 3 heterocycles. The number of rotatable bonds is 5. The summed E-state index contributed by atoms with van der Waals surface area (Å²) in [6.45, 7) is 6.04. The van der Waals surface area contributed by atoms with Crippen molar-refractivity contribution >= 4 is 0 Å². The van der Waals surface area contributed by atoms with Crippen LogP contribution in [0.5, 0.6) is 0 Å². The monoisotopic (exact) mass is 365 g/mol. The Morgan fingerprint density at radius 1 is 1.07 bits per heavy atom. The summed E-state index contributed by atoms with van der Waals surface area (Å²) >= 11 is 0. The third-order valence-corrected chi connectivity index (χ3v) is 5.10. The topological polar surface area (TPSA) is 46.8 Å². The highest BCUT2D eigenvalue weighted by molar-refractivity contribution is 5.33. The molecular weight excluding hydrogens is 341 g/mol. The van der Waals surface area contributed by atoms with E-state index in [1.165, 1.54) is 12.1 Å². The van der Waals surface area contributed by atoms with Gasteiger partial charge in [0, 0.05) is 37.3 Å². The van der Waals surface area contributed by atoms with E-state index in [0.29, 0.717) is 5.92 Å². The average molecular weight is 365 g/mol. The number of nitrogens with zero attached hydrogens (tertiary/aromatic N) is 5. The Morgan fingerprint density at radius 2 is 1.85 bits per heavy atom. The van der Waals surface area contributed by atoms with Crippen LogP contribution in [0.2, 0.25) is 0 Å². The number of likely N-dealkylation sites (tertiary alicyclic amines) is 1. The molecule has 0 amide bonds. The van der Waals surface area contributed by atoms with Crippen molar-refractivity contribution < 1.29 is 4.39 Å². The fraction of sp³-hybridized carbons (Fsp3) is 0.381. The lowest BCUT2D eigenvalue weighted by Gasteiger charge is -2.25. The van der Waals surface area contributed by atoms with E-state index in [4.69, 9.17) is 4.98 Å². The van der Waals surface area contributed by atoms with Crippen molar-refractivity contribution in [2.75, 3.05) is 6.54 Å². The highest BCUT2D eigenvalue weighted by atomic mass is 19.1. The Balaban J connectivity index is 1.66. The molecule has 1 aliphatic rings. The van der Waals surface area contributed by atoms with Crippen LogP contribution in [-0.2, 0) is 6.54 Å². The number of aromatic nitrogens is 4. The van der Waals surface area contributed by atoms with Crippen molar-refractivity contribution in [1.82, 2.24) is 24.4 Å². The first-order chi connectivity index (χ1) is 13.1. The number of imidazole rings is 1. The first-order valence-corrected chi connectivity index (χ1v) is 9.46. The zero-order valence-corrected chi connectivity index (χ0v) is 15.7. The summed E-state index contributed by atoms with van der Waals surface area (Å²) < 4.78 is 15.3. The molecule has 140 valence electrons. The molecule has 0 saturated carbocycles. The number of hydrogen-bond donors (Lipinski definition) is 0. The largest absolute Gasteiger partial charge is 0.290 e. The van der Waals surface area contributed by atoms with Gasteiger partial charge in [0.1, 0.15) is 17.3 Å². The van der Waals surface area contributed by atoms with Gasteiger partial charge in [-0.15, -0.1) is 0 Å². The van der Waals surface area contributed by atoms with E-state index in [2.05, 4.69) is 33.3 Å². The summed E-state index contributed by atoms with van der Waals surface area (Å²) in [4.78, 5) is 16.3. The molecule has 1 aliphatic heterocycles. The van der Waals surface area contributed by atoms with Crippen molar-refractivity contribution in [1.29, 1.82) is 0 Å². The lowest BCUT2D eigenvalue weighted by molar-refractivity contribution is 0.243. The summed E-state index contributed by atoms with van der Waals surface area (Å²) in [5.41, 5.74) is 2.09. The molecule has 0 unspecified atom stereocenters. The second kappa shape index (κ2) is 7.56. The summed E-state index contributed by atoms with van der Waals surface area (Å²) in [5.74, 6) is 1.94. The van der Waals surface area contributed by atoms with Crippen LogP contribution in [0, 0.1) is 5.82 Å². The smallest absolute Gasteiger partial charge is 0.161 e. The van der Waals surface area contributed by atoms with Crippen molar-refractivity contribution in [3.05, 3.63) is 72.0 Å². The van der Waals surface area contributed by atoms with E-state index in [0.717, 1.165) is 48.8 Å². The van der Waals surface area contributed by atoms with Crippen LogP contribution < -0.4 is 0 Å². The van der Waals surface area contributed by atoms with E-state index in [1.54, 1.807) is 12.4 Å². The van der Waals surface area contributed by atoms with Gasteiger partial charge in [0.25, 0.3) is 0 Å². The predicted octanol–water partition coefficient (Wildman–Crippen LogP) is 4.26. The summed E-state index contributed by atoms with van der Waals surface area (Å²) in [6, 6.07) is 6.95. The Labute approximate surface area is 158 Å². The maximum atomic E-state index is 13.2. The van der Waals surface area contributed by atoms with Gasteiger partial charge in [-0.2, -0.15) is 0 Å². The molecule has 1 aromatic carbocycles. The number of hydrogen-bond acceptors (Lipinski definition) is 4. The van der Waals surface area contributed by atoms with Gasteiger partial charge in [-0.25, -0.2) is 14.4 Å². The Kier molecular flexibility index (Phi) is 4.99. The molecule has 1 atom stereocenters. The fourth-order valence-corrected chi connectivity index (χ4v) is 3.83. The first-order valence-electron chi connectivity index (χ1n) is 9.46. The highest BCUT2D eigenvalue weighted by Crippen LogP contribution is 2.35. The fourth-order valence-electron chi connectivity index (χ4n) is 3.83. The third-order valence-electron chi connectivity index (χ3n) is 5.10. The minimum atomic E-state index is -0.200. The molecule has 1 fully saturated rings. The standard InChI is InChI=1S/C21H24FN5/c1-15(2)20-25-11-13-27(20)21-19(23-9-10-24-21)18-4-3-12-26(18)14-16-5-7-17(22)8-6-16/h5-11,13,15,18H,3-4,12,14H2,1-2H3/t18-/m1/s1. The summed E-state index contributed by atoms with van der Waals surface area (Å²) in [7, 11) is 0. The van der Waals surface area contributed by atoms with Crippen LogP contribution in [0.3, 0.4) is 0 Å². The third kappa shape index (κ3) is 3.62. The van der Waals surface area contributed by atoms with Crippen molar-refractivity contribution in [2.24, 2.45) is 0 Å². The van der Waals surface area contributed by atoms with E-state index in [1.807, 2.05) is 24.5 Å². The molecule has 0 aliphatic carbocycles. The minimum Gasteiger partial charge on any atom is -0.290 e. The second-order valence-corrected chi connectivity index (χ2v) is 7.33. The molecule has 0 radical (unpaired) electrons. The van der Waals surface area contributed by atoms with E-state index in [-0.39, 0.29) is 11.9 Å². The van der Waals surface area contributed by atoms with Crippen LogP contribution in [0.15, 0.2) is 49.1 Å². The highest BCUT2D eigenvalue weighted by Gasteiger charge is 2.30.